The van der Waals surface area contributed by atoms with E-state index in [0.717, 1.165) is 4.88 Å². The highest BCUT2D eigenvalue weighted by atomic mass is 32.1. The number of fused-ring (bicyclic) bond motifs is 1. The molecule has 3 aromatic heterocycles. The minimum Gasteiger partial charge on any atom is -0.454 e. The van der Waals surface area contributed by atoms with E-state index < -0.39 is 5.91 Å². The molecule has 0 unspecified atom stereocenters. The first kappa shape index (κ1) is 17.8. The third-order valence-electron chi connectivity index (χ3n) is 4.13. The Morgan fingerprint density at radius 3 is 2.97 bits per heavy atom. The number of hydrazone groups is 1. The summed E-state index contributed by atoms with van der Waals surface area (Å²) in [6, 6.07) is 8.91. The highest BCUT2D eigenvalue weighted by Gasteiger charge is 2.26. The first-order valence-electron chi connectivity index (χ1n) is 8.52. The molecule has 0 bridgehead atoms. The summed E-state index contributed by atoms with van der Waals surface area (Å²) in [5.74, 6) is 0.623. The Labute approximate surface area is 171 Å². The molecule has 12 nitrogen and oxygen atoms in total. The zero-order valence-corrected chi connectivity index (χ0v) is 15.9. The maximum absolute atomic E-state index is 12.8. The van der Waals surface area contributed by atoms with E-state index >= 15 is 0 Å². The van der Waals surface area contributed by atoms with Crippen LogP contribution in [0.5, 0.6) is 11.5 Å². The van der Waals surface area contributed by atoms with Crippen LogP contribution < -0.4 is 20.6 Å². The number of amides is 1. The SMILES string of the molecule is Nc1nonc1-n1nnc(C(=O)NN=Cc2cccs2)c1-c1ccc2c(c1)OCO2. The van der Waals surface area contributed by atoms with Crippen molar-refractivity contribution in [2.45, 2.75) is 0 Å². The van der Waals surface area contributed by atoms with Crippen LogP contribution in [0.2, 0.25) is 0 Å². The van der Waals surface area contributed by atoms with Gasteiger partial charge >= 0.3 is 0 Å². The van der Waals surface area contributed by atoms with Crippen molar-refractivity contribution in [1.82, 2.24) is 30.7 Å². The molecule has 1 amide bonds. The number of carbonyl (C=O) groups excluding carboxylic acids is 1. The highest BCUT2D eigenvalue weighted by Crippen LogP contribution is 2.37. The largest absolute Gasteiger partial charge is 0.454 e. The van der Waals surface area contributed by atoms with E-state index in [4.69, 9.17) is 15.2 Å². The minimum atomic E-state index is -0.572. The van der Waals surface area contributed by atoms with E-state index in [9.17, 15) is 4.79 Å². The lowest BCUT2D eigenvalue weighted by Crippen LogP contribution is -2.19. The van der Waals surface area contributed by atoms with Crippen LogP contribution >= 0.6 is 11.3 Å². The second kappa shape index (κ2) is 7.29. The summed E-state index contributed by atoms with van der Waals surface area (Å²) < 4.78 is 16.7. The van der Waals surface area contributed by atoms with Gasteiger partial charge in [-0.3, -0.25) is 4.79 Å². The number of nitrogens with two attached hydrogens (primary N) is 1. The van der Waals surface area contributed by atoms with E-state index in [1.54, 1.807) is 18.2 Å². The Morgan fingerprint density at radius 2 is 2.17 bits per heavy atom. The number of anilines is 1. The standard InChI is InChI=1S/C17H12N8O4S/c18-15-16(23-29-22-15)25-14(9-3-4-11-12(6-9)28-8-27-11)13(20-24-25)17(26)21-19-7-10-2-1-5-30-10/h1-7H,8H2,(H2,18,22)(H,21,26). The quantitative estimate of drug-likeness (QED) is 0.357. The van der Waals surface area contributed by atoms with Gasteiger partial charge in [-0.05, 0) is 40.0 Å². The summed E-state index contributed by atoms with van der Waals surface area (Å²) in [5.41, 5.74) is 9.13. The molecule has 1 aromatic carbocycles. The topological polar surface area (TPSA) is 156 Å². The molecule has 13 heteroatoms. The maximum atomic E-state index is 12.8. The molecule has 0 atom stereocenters. The van der Waals surface area contributed by atoms with Crippen LogP contribution in [0.3, 0.4) is 0 Å². The van der Waals surface area contributed by atoms with E-state index in [0.29, 0.717) is 22.8 Å². The van der Waals surface area contributed by atoms with Crippen molar-refractivity contribution in [1.29, 1.82) is 0 Å². The van der Waals surface area contributed by atoms with Crippen LogP contribution in [-0.2, 0) is 0 Å². The predicted molar refractivity (Wildman–Crippen MR) is 105 cm³/mol. The number of carbonyl (C=O) groups is 1. The summed E-state index contributed by atoms with van der Waals surface area (Å²) in [6.45, 7) is 0.112. The second-order valence-electron chi connectivity index (χ2n) is 5.95. The molecule has 0 aliphatic carbocycles. The average Bonchev–Trinajstić information content (AvgIpc) is 3.53. The first-order valence-corrected chi connectivity index (χ1v) is 9.39. The molecule has 150 valence electrons. The Hall–Kier alpha value is -4.26. The Bertz CT molecular complexity index is 1250. The summed E-state index contributed by atoms with van der Waals surface area (Å²) in [4.78, 5) is 13.7. The number of nitrogens with one attached hydrogen (secondary N) is 1. The lowest BCUT2D eigenvalue weighted by molar-refractivity contribution is 0.0950. The van der Waals surface area contributed by atoms with Crippen LogP contribution in [0, 0.1) is 0 Å². The number of rotatable bonds is 5. The van der Waals surface area contributed by atoms with Gasteiger partial charge in [0.2, 0.25) is 18.4 Å². The van der Waals surface area contributed by atoms with Gasteiger partial charge in [-0.25, -0.2) is 10.1 Å². The third kappa shape index (κ3) is 3.12. The monoisotopic (exact) mass is 424 g/mol. The fourth-order valence-electron chi connectivity index (χ4n) is 2.80. The fraction of sp³-hybridized carbons (Fsp3) is 0.0588. The van der Waals surface area contributed by atoms with Crippen molar-refractivity contribution in [3.8, 4) is 28.6 Å². The van der Waals surface area contributed by atoms with Gasteiger partial charge in [0.05, 0.1) is 6.21 Å². The second-order valence-corrected chi connectivity index (χ2v) is 6.93. The van der Waals surface area contributed by atoms with Gasteiger partial charge < -0.3 is 15.2 Å². The molecule has 0 radical (unpaired) electrons. The van der Waals surface area contributed by atoms with Crippen LogP contribution in [0.15, 0.2) is 45.4 Å². The Balaban J connectivity index is 1.55. The van der Waals surface area contributed by atoms with Crippen molar-refractivity contribution in [2.75, 3.05) is 12.5 Å². The zero-order valence-electron chi connectivity index (χ0n) is 15.1. The normalized spacial score (nSPS) is 12.5. The van der Waals surface area contributed by atoms with Gasteiger partial charge in [0, 0.05) is 10.4 Å². The van der Waals surface area contributed by atoms with Crippen molar-refractivity contribution < 1.29 is 18.9 Å². The van der Waals surface area contributed by atoms with Crippen LogP contribution in [-0.4, -0.2) is 44.2 Å². The summed E-state index contributed by atoms with van der Waals surface area (Å²) in [5, 5.41) is 21.2. The van der Waals surface area contributed by atoms with E-state index in [2.05, 4.69) is 35.8 Å². The number of nitrogens with zero attached hydrogens (tertiary/aromatic N) is 6. The van der Waals surface area contributed by atoms with Crippen molar-refractivity contribution in [2.24, 2.45) is 5.10 Å². The average molecular weight is 424 g/mol. The van der Waals surface area contributed by atoms with E-state index in [1.807, 2.05) is 17.5 Å². The first-order chi connectivity index (χ1) is 14.7. The maximum Gasteiger partial charge on any atom is 0.294 e. The van der Waals surface area contributed by atoms with Crippen LogP contribution in [0.1, 0.15) is 15.4 Å². The van der Waals surface area contributed by atoms with Gasteiger partial charge in [-0.15, -0.1) is 16.4 Å². The number of ether oxygens (including phenoxy) is 2. The number of thiophene rings is 1. The predicted octanol–water partition coefficient (Wildman–Crippen LogP) is 1.45. The summed E-state index contributed by atoms with van der Waals surface area (Å²) in [7, 11) is 0. The molecule has 0 saturated heterocycles. The number of benzene rings is 1. The molecule has 1 aliphatic rings. The smallest absolute Gasteiger partial charge is 0.294 e. The molecule has 4 heterocycles. The van der Waals surface area contributed by atoms with E-state index in [1.165, 1.54) is 22.2 Å². The van der Waals surface area contributed by atoms with Crippen molar-refractivity contribution in [3.63, 3.8) is 0 Å². The van der Waals surface area contributed by atoms with E-state index in [-0.39, 0.29) is 24.1 Å². The van der Waals surface area contributed by atoms with Crippen molar-refractivity contribution in [3.05, 3.63) is 46.3 Å². The van der Waals surface area contributed by atoms with Gasteiger partial charge in [0.25, 0.3) is 5.91 Å². The number of aromatic nitrogens is 5. The zero-order chi connectivity index (χ0) is 20.5. The minimum absolute atomic E-state index is 0.000375. The molecule has 0 fully saturated rings. The number of hydrogen-bond donors (Lipinski definition) is 2. The molecule has 3 N–H and O–H groups in total. The Kier molecular flexibility index (Phi) is 4.33. The lowest BCUT2D eigenvalue weighted by Gasteiger charge is -2.06. The Morgan fingerprint density at radius 1 is 1.27 bits per heavy atom. The van der Waals surface area contributed by atoms with Gasteiger partial charge in [0.1, 0.15) is 5.69 Å². The molecule has 0 spiro atoms. The van der Waals surface area contributed by atoms with Gasteiger partial charge in [-0.1, -0.05) is 11.3 Å². The highest BCUT2D eigenvalue weighted by molar-refractivity contribution is 7.11. The summed E-state index contributed by atoms with van der Waals surface area (Å²) in [6.07, 6.45) is 1.53. The number of hydrogen-bond acceptors (Lipinski definition) is 11. The molecule has 4 aromatic rings. The van der Waals surface area contributed by atoms with Crippen molar-refractivity contribution >= 4 is 29.3 Å². The van der Waals surface area contributed by atoms with Gasteiger partial charge in [0.15, 0.2) is 17.2 Å². The summed E-state index contributed by atoms with van der Waals surface area (Å²) >= 11 is 1.49. The number of nitrogen functional groups attached to an aromatic ring is 1. The molecular formula is C17H12N8O4S. The van der Waals surface area contributed by atoms with Crippen LogP contribution in [0.25, 0.3) is 17.1 Å². The molecule has 5 rings (SSSR count). The van der Waals surface area contributed by atoms with Gasteiger partial charge in [-0.2, -0.15) is 9.78 Å². The lowest BCUT2D eigenvalue weighted by atomic mass is 10.1. The third-order valence-corrected chi connectivity index (χ3v) is 4.94. The fourth-order valence-corrected chi connectivity index (χ4v) is 3.38. The molecule has 1 aliphatic heterocycles. The molecule has 0 saturated carbocycles. The molecular weight excluding hydrogens is 412 g/mol. The van der Waals surface area contributed by atoms with Crippen LogP contribution in [0.4, 0.5) is 5.82 Å². The molecule has 30 heavy (non-hydrogen) atoms.